The van der Waals surface area contributed by atoms with E-state index < -0.39 is 0 Å². The first-order chi connectivity index (χ1) is 10.1. The van der Waals surface area contributed by atoms with E-state index >= 15 is 0 Å². The molecule has 0 aromatic carbocycles. The monoisotopic (exact) mass is 288 g/mol. The molecule has 0 spiro atoms. The molecule has 4 saturated carbocycles. The van der Waals surface area contributed by atoms with Crippen molar-refractivity contribution in [2.24, 2.45) is 40.4 Å². The summed E-state index contributed by atoms with van der Waals surface area (Å²) in [4.78, 5) is 0. The van der Waals surface area contributed by atoms with Crippen LogP contribution in [-0.4, -0.2) is 0 Å². The molecule has 0 nitrogen and oxygen atoms in total. The largest absolute Gasteiger partial charge is 0.0651 e. The van der Waals surface area contributed by atoms with Crippen LogP contribution >= 0.6 is 0 Å². The number of rotatable bonds is 1. The molecule has 0 bridgehead atoms. The first-order valence-electron chi connectivity index (χ1n) is 10.1. The lowest BCUT2D eigenvalue weighted by Gasteiger charge is -2.61. The Bertz CT molecular complexity index is 399. The predicted molar refractivity (Wildman–Crippen MR) is 90.1 cm³/mol. The SMILES string of the molecule is CCC1CCC2C1(C)CCC1C3CCCCC3CCC12C. The molecular weight excluding hydrogens is 252 g/mol. The second kappa shape index (κ2) is 5.00. The summed E-state index contributed by atoms with van der Waals surface area (Å²) in [5.74, 6) is 5.40. The second-order valence-corrected chi connectivity index (χ2v) is 9.64. The van der Waals surface area contributed by atoms with Crippen LogP contribution in [0.2, 0.25) is 0 Å². The van der Waals surface area contributed by atoms with Gasteiger partial charge in [0, 0.05) is 0 Å². The Morgan fingerprint density at radius 2 is 1.57 bits per heavy atom. The Labute approximate surface area is 132 Å². The minimum atomic E-state index is 0.696. The van der Waals surface area contributed by atoms with E-state index in [1.165, 1.54) is 25.7 Å². The van der Waals surface area contributed by atoms with Crippen LogP contribution in [0.1, 0.15) is 91.4 Å². The van der Waals surface area contributed by atoms with E-state index in [1.54, 1.807) is 44.9 Å². The summed E-state index contributed by atoms with van der Waals surface area (Å²) in [6.07, 6.45) is 17.0. The van der Waals surface area contributed by atoms with Gasteiger partial charge in [0.1, 0.15) is 0 Å². The molecule has 0 amide bonds. The zero-order valence-corrected chi connectivity index (χ0v) is 14.7. The Balaban J connectivity index is 1.65. The maximum Gasteiger partial charge on any atom is -0.0261 e. The van der Waals surface area contributed by atoms with E-state index in [9.17, 15) is 0 Å². The van der Waals surface area contributed by atoms with E-state index in [2.05, 4.69) is 20.8 Å². The number of fused-ring (bicyclic) bond motifs is 5. The van der Waals surface area contributed by atoms with Crippen molar-refractivity contribution in [3.63, 3.8) is 0 Å². The van der Waals surface area contributed by atoms with Crippen molar-refractivity contribution in [2.45, 2.75) is 91.4 Å². The van der Waals surface area contributed by atoms with E-state index in [4.69, 9.17) is 0 Å². The molecule has 21 heavy (non-hydrogen) atoms. The van der Waals surface area contributed by atoms with Gasteiger partial charge >= 0.3 is 0 Å². The number of hydrogen-bond donors (Lipinski definition) is 0. The summed E-state index contributed by atoms with van der Waals surface area (Å²) in [6.45, 7) is 7.88. The Kier molecular flexibility index (Phi) is 3.47. The predicted octanol–water partition coefficient (Wildman–Crippen LogP) is 6.45. The van der Waals surface area contributed by atoms with Crippen LogP contribution in [0.15, 0.2) is 0 Å². The fraction of sp³-hybridized carbons (Fsp3) is 1.00. The highest BCUT2D eigenvalue weighted by atomic mass is 14.7. The fourth-order valence-electron chi connectivity index (χ4n) is 8.18. The minimum Gasteiger partial charge on any atom is -0.0651 e. The van der Waals surface area contributed by atoms with Crippen molar-refractivity contribution in [3.8, 4) is 0 Å². The molecule has 0 aliphatic heterocycles. The summed E-state index contributed by atoms with van der Waals surface area (Å²) < 4.78 is 0. The molecule has 0 aromatic heterocycles. The lowest BCUT2D eigenvalue weighted by atomic mass is 9.43. The van der Waals surface area contributed by atoms with Gasteiger partial charge in [-0.15, -0.1) is 0 Å². The normalized spacial score (nSPS) is 56.4. The molecule has 0 saturated heterocycles. The molecule has 4 fully saturated rings. The Morgan fingerprint density at radius 3 is 2.38 bits per heavy atom. The van der Waals surface area contributed by atoms with Crippen LogP contribution in [0.25, 0.3) is 0 Å². The smallest absolute Gasteiger partial charge is 0.0261 e. The van der Waals surface area contributed by atoms with E-state index in [0.717, 1.165) is 29.6 Å². The van der Waals surface area contributed by atoms with Crippen LogP contribution in [0, 0.1) is 40.4 Å². The molecule has 4 aliphatic carbocycles. The molecule has 7 atom stereocenters. The van der Waals surface area contributed by atoms with E-state index in [0.29, 0.717) is 10.8 Å². The van der Waals surface area contributed by atoms with Gasteiger partial charge in [-0.1, -0.05) is 46.5 Å². The van der Waals surface area contributed by atoms with Gasteiger partial charge in [0.2, 0.25) is 0 Å². The van der Waals surface area contributed by atoms with Gasteiger partial charge in [0.15, 0.2) is 0 Å². The second-order valence-electron chi connectivity index (χ2n) is 9.64. The molecule has 4 aliphatic rings. The molecular formula is C21H36. The van der Waals surface area contributed by atoms with Crippen LogP contribution in [0.3, 0.4) is 0 Å². The average molecular weight is 289 g/mol. The minimum absolute atomic E-state index is 0.696. The fourth-order valence-corrected chi connectivity index (χ4v) is 8.18. The van der Waals surface area contributed by atoms with Crippen molar-refractivity contribution >= 4 is 0 Å². The molecule has 7 unspecified atom stereocenters. The van der Waals surface area contributed by atoms with E-state index in [1.807, 2.05) is 0 Å². The molecule has 0 N–H and O–H groups in total. The zero-order chi connectivity index (χ0) is 14.7. The van der Waals surface area contributed by atoms with Gasteiger partial charge < -0.3 is 0 Å². The molecule has 0 heteroatoms. The van der Waals surface area contributed by atoms with Gasteiger partial charge in [-0.2, -0.15) is 0 Å². The first kappa shape index (κ1) is 14.6. The van der Waals surface area contributed by atoms with Crippen molar-refractivity contribution in [1.82, 2.24) is 0 Å². The van der Waals surface area contributed by atoms with Crippen molar-refractivity contribution < 1.29 is 0 Å². The lowest BCUT2D eigenvalue weighted by Crippen LogP contribution is -2.54. The summed E-state index contributed by atoms with van der Waals surface area (Å²) >= 11 is 0. The third kappa shape index (κ3) is 1.93. The first-order valence-corrected chi connectivity index (χ1v) is 10.1. The van der Waals surface area contributed by atoms with Gasteiger partial charge in [-0.3, -0.25) is 0 Å². The average Bonchev–Trinajstić information content (AvgIpc) is 2.84. The van der Waals surface area contributed by atoms with Crippen LogP contribution in [-0.2, 0) is 0 Å². The molecule has 0 aromatic rings. The highest BCUT2D eigenvalue weighted by Crippen LogP contribution is 2.69. The quantitative estimate of drug-likeness (QED) is 0.520. The van der Waals surface area contributed by atoms with E-state index in [-0.39, 0.29) is 0 Å². The Morgan fingerprint density at radius 1 is 0.810 bits per heavy atom. The maximum absolute atomic E-state index is 2.74. The van der Waals surface area contributed by atoms with Crippen LogP contribution in [0.5, 0.6) is 0 Å². The van der Waals surface area contributed by atoms with Crippen molar-refractivity contribution in [2.75, 3.05) is 0 Å². The van der Waals surface area contributed by atoms with Gasteiger partial charge in [-0.05, 0) is 85.4 Å². The summed E-state index contributed by atoms with van der Waals surface area (Å²) in [6, 6.07) is 0. The van der Waals surface area contributed by atoms with Crippen molar-refractivity contribution in [3.05, 3.63) is 0 Å². The summed E-state index contributed by atoms with van der Waals surface area (Å²) in [5, 5.41) is 0. The third-order valence-corrected chi connectivity index (χ3v) is 9.20. The van der Waals surface area contributed by atoms with Gasteiger partial charge in [-0.25, -0.2) is 0 Å². The summed E-state index contributed by atoms with van der Waals surface area (Å²) in [7, 11) is 0. The molecule has 120 valence electrons. The van der Waals surface area contributed by atoms with Crippen LogP contribution in [0.4, 0.5) is 0 Å². The highest BCUT2D eigenvalue weighted by molar-refractivity contribution is 5.10. The topological polar surface area (TPSA) is 0 Å². The molecule has 4 rings (SSSR count). The van der Waals surface area contributed by atoms with Gasteiger partial charge in [0.25, 0.3) is 0 Å². The highest BCUT2D eigenvalue weighted by Gasteiger charge is 2.61. The maximum atomic E-state index is 2.74. The third-order valence-electron chi connectivity index (χ3n) is 9.20. The van der Waals surface area contributed by atoms with Gasteiger partial charge in [0.05, 0.1) is 0 Å². The zero-order valence-electron chi connectivity index (χ0n) is 14.7. The number of hydrogen-bond acceptors (Lipinski definition) is 0. The standard InChI is InChI=1S/C21H36/c1-4-16-9-10-19-20(16,2)14-12-18-17-8-6-5-7-15(17)11-13-21(18,19)3/h15-19H,4-14H2,1-3H3. The Hall–Kier alpha value is 0. The molecule has 0 heterocycles. The summed E-state index contributed by atoms with van der Waals surface area (Å²) in [5.41, 5.74) is 1.40. The van der Waals surface area contributed by atoms with Crippen LogP contribution < -0.4 is 0 Å². The lowest BCUT2D eigenvalue weighted by molar-refractivity contribution is -0.124. The van der Waals surface area contributed by atoms with Crippen molar-refractivity contribution in [1.29, 1.82) is 0 Å². The molecule has 0 radical (unpaired) electrons.